The highest BCUT2D eigenvalue weighted by Crippen LogP contribution is 2.24. The van der Waals surface area contributed by atoms with E-state index in [-0.39, 0.29) is 0 Å². The molecule has 0 bridgehead atoms. The lowest BCUT2D eigenvalue weighted by Gasteiger charge is -2.30. The molecule has 0 radical (unpaired) electrons. The molecule has 1 atom stereocenters. The molecule has 4 nitrogen and oxygen atoms in total. The Balaban J connectivity index is 2.38. The molecule has 2 N–H and O–H groups in total. The van der Waals surface area contributed by atoms with Crippen molar-refractivity contribution in [3.05, 3.63) is 42.1 Å². The van der Waals surface area contributed by atoms with E-state index < -0.39 is 20.6 Å². The first-order valence-electron chi connectivity index (χ1n) is 6.51. The highest BCUT2D eigenvalue weighted by Gasteiger charge is 2.36. The smallest absolute Gasteiger partial charge is 0.154 e. The molecule has 0 amide bonds. The highest BCUT2D eigenvalue weighted by molar-refractivity contribution is 7.92. The van der Waals surface area contributed by atoms with Crippen molar-refractivity contribution in [2.24, 2.45) is 5.73 Å². The van der Waals surface area contributed by atoms with Crippen LogP contribution in [0.2, 0.25) is 0 Å². The van der Waals surface area contributed by atoms with Crippen LogP contribution in [0.4, 0.5) is 0 Å². The number of rotatable bonds is 4. The van der Waals surface area contributed by atoms with Crippen LogP contribution in [0.3, 0.4) is 0 Å². The second kappa shape index (κ2) is 5.14. The van der Waals surface area contributed by atoms with Gasteiger partial charge >= 0.3 is 0 Å². The quantitative estimate of drug-likeness (QED) is 0.934. The maximum Gasteiger partial charge on any atom is 0.154 e. The molecule has 108 valence electrons. The normalized spacial score (nSPS) is 14.4. The third-order valence-corrected chi connectivity index (χ3v) is 6.24. The zero-order chi connectivity index (χ0) is 15.0. The molecular weight excluding hydrogens is 272 g/mol. The molecule has 0 aliphatic carbocycles. The molecule has 0 aliphatic rings. The zero-order valence-corrected chi connectivity index (χ0v) is 12.8. The van der Waals surface area contributed by atoms with Gasteiger partial charge in [0.2, 0.25) is 0 Å². The molecule has 0 saturated carbocycles. The summed E-state index contributed by atoms with van der Waals surface area (Å²) < 4.78 is 22.8. The number of nitrogens with two attached hydrogens (primary N) is 1. The number of nitrogens with zero attached hydrogens (tertiary/aromatic N) is 1. The summed E-state index contributed by atoms with van der Waals surface area (Å²) in [7, 11) is -3.22. The van der Waals surface area contributed by atoms with Gasteiger partial charge in [-0.15, -0.1) is 0 Å². The Morgan fingerprint density at radius 2 is 1.90 bits per heavy atom. The van der Waals surface area contributed by atoms with Crippen molar-refractivity contribution in [1.82, 2.24) is 4.98 Å². The molecule has 1 heterocycles. The Bertz CT molecular complexity index is 718. The van der Waals surface area contributed by atoms with Crippen molar-refractivity contribution in [3.8, 4) is 0 Å². The van der Waals surface area contributed by atoms with Gasteiger partial charge in [0, 0.05) is 23.9 Å². The Morgan fingerprint density at radius 1 is 1.25 bits per heavy atom. The van der Waals surface area contributed by atoms with Gasteiger partial charge in [0.25, 0.3) is 0 Å². The molecule has 1 unspecified atom stereocenters. The average molecular weight is 292 g/mol. The Labute approximate surface area is 119 Å². The minimum atomic E-state index is -3.22. The van der Waals surface area contributed by atoms with Crippen molar-refractivity contribution in [3.63, 3.8) is 0 Å². The van der Waals surface area contributed by atoms with Crippen molar-refractivity contribution in [2.45, 2.75) is 31.1 Å². The van der Waals surface area contributed by atoms with Crippen LogP contribution in [0.15, 0.2) is 36.5 Å². The summed E-state index contributed by atoms with van der Waals surface area (Å²) in [5.41, 5.74) is 8.09. The molecule has 1 aromatic heterocycles. The first-order chi connectivity index (χ1) is 9.23. The van der Waals surface area contributed by atoms with Crippen molar-refractivity contribution < 1.29 is 8.42 Å². The SMILES string of the molecule is CC(C)(C(N)Cc1ccnc2ccccc12)S(C)(=O)=O. The first-order valence-corrected chi connectivity index (χ1v) is 8.40. The third-order valence-electron chi connectivity index (χ3n) is 4.03. The highest BCUT2D eigenvalue weighted by atomic mass is 32.2. The van der Waals surface area contributed by atoms with E-state index in [1.54, 1.807) is 20.0 Å². The van der Waals surface area contributed by atoms with Crippen molar-refractivity contribution in [1.29, 1.82) is 0 Å². The van der Waals surface area contributed by atoms with Crippen LogP contribution in [0.25, 0.3) is 10.9 Å². The maximum atomic E-state index is 11.9. The first kappa shape index (κ1) is 14.9. The van der Waals surface area contributed by atoms with Gasteiger partial charge in [0.15, 0.2) is 9.84 Å². The molecule has 2 rings (SSSR count). The standard InChI is InChI=1S/C15H20N2O2S/c1-15(2,20(3,18)19)14(16)10-11-8-9-17-13-7-5-4-6-12(11)13/h4-9,14H,10,16H2,1-3H3. The fraction of sp³-hybridized carbons (Fsp3) is 0.400. The summed E-state index contributed by atoms with van der Waals surface area (Å²) in [4.78, 5) is 4.30. The lowest BCUT2D eigenvalue weighted by molar-refractivity contribution is 0.483. The fourth-order valence-corrected chi connectivity index (χ4v) is 2.72. The Kier molecular flexibility index (Phi) is 3.84. The van der Waals surface area contributed by atoms with Gasteiger partial charge in [0.05, 0.1) is 10.3 Å². The summed E-state index contributed by atoms with van der Waals surface area (Å²) in [5, 5.41) is 1.02. The van der Waals surface area contributed by atoms with Crippen LogP contribution >= 0.6 is 0 Å². The second-order valence-corrected chi connectivity index (χ2v) is 8.27. The van der Waals surface area contributed by atoms with Gasteiger partial charge < -0.3 is 5.73 Å². The number of sulfone groups is 1. The van der Waals surface area contributed by atoms with Crippen LogP contribution in [0.1, 0.15) is 19.4 Å². The van der Waals surface area contributed by atoms with Gasteiger partial charge in [-0.05, 0) is 38.0 Å². The van der Waals surface area contributed by atoms with Crippen molar-refractivity contribution >= 4 is 20.7 Å². The van der Waals surface area contributed by atoms with Gasteiger partial charge in [0.1, 0.15) is 0 Å². The summed E-state index contributed by atoms with van der Waals surface area (Å²) >= 11 is 0. The largest absolute Gasteiger partial charge is 0.326 e. The Morgan fingerprint density at radius 3 is 2.55 bits per heavy atom. The molecule has 2 aromatic rings. The van der Waals surface area contributed by atoms with Crippen LogP contribution in [0.5, 0.6) is 0 Å². The van der Waals surface area contributed by atoms with Crippen LogP contribution in [-0.4, -0.2) is 30.4 Å². The lowest BCUT2D eigenvalue weighted by atomic mass is 9.94. The van der Waals surface area contributed by atoms with Gasteiger partial charge in [-0.1, -0.05) is 18.2 Å². The van der Waals surface area contributed by atoms with E-state index in [4.69, 9.17) is 5.73 Å². The molecule has 0 fully saturated rings. The topological polar surface area (TPSA) is 73.0 Å². The minimum absolute atomic E-state index is 0.469. The third kappa shape index (κ3) is 2.69. The number of benzene rings is 1. The predicted octanol–water partition coefficient (Wildman–Crippen LogP) is 1.93. The molecule has 0 spiro atoms. The van der Waals surface area contributed by atoms with E-state index in [2.05, 4.69) is 4.98 Å². The Hall–Kier alpha value is -1.46. The van der Waals surface area contributed by atoms with Gasteiger partial charge in [-0.3, -0.25) is 4.98 Å². The number of pyridine rings is 1. The molecule has 0 saturated heterocycles. The maximum absolute atomic E-state index is 11.9. The molecular formula is C15H20N2O2S. The zero-order valence-electron chi connectivity index (χ0n) is 12.0. The van der Waals surface area contributed by atoms with E-state index >= 15 is 0 Å². The molecule has 5 heteroatoms. The number of hydrogen-bond donors (Lipinski definition) is 1. The van der Waals surface area contributed by atoms with Crippen LogP contribution in [-0.2, 0) is 16.3 Å². The average Bonchev–Trinajstić information content (AvgIpc) is 2.37. The van der Waals surface area contributed by atoms with E-state index in [0.717, 1.165) is 16.5 Å². The van der Waals surface area contributed by atoms with Crippen LogP contribution in [0, 0.1) is 0 Å². The number of para-hydroxylation sites is 1. The van der Waals surface area contributed by atoms with E-state index in [0.29, 0.717) is 6.42 Å². The monoisotopic (exact) mass is 292 g/mol. The summed E-state index contributed by atoms with van der Waals surface area (Å²) in [6.45, 7) is 3.35. The van der Waals surface area contributed by atoms with E-state index in [1.165, 1.54) is 6.26 Å². The van der Waals surface area contributed by atoms with E-state index in [9.17, 15) is 8.42 Å². The summed E-state index contributed by atoms with van der Waals surface area (Å²) in [6, 6.07) is 9.23. The summed E-state index contributed by atoms with van der Waals surface area (Å²) in [5.74, 6) is 0. The number of aromatic nitrogens is 1. The molecule has 1 aromatic carbocycles. The predicted molar refractivity (Wildman–Crippen MR) is 82.3 cm³/mol. The fourth-order valence-electron chi connectivity index (χ4n) is 2.09. The number of fused-ring (bicyclic) bond motifs is 1. The molecule has 0 aliphatic heterocycles. The number of hydrogen-bond acceptors (Lipinski definition) is 4. The molecule has 20 heavy (non-hydrogen) atoms. The summed E-state index contributed by atoms with van der Waals surface area (Å²) in [6.07, 6.45) is 3.47. The van der Waals surface area contributed by atoms with Crippen molar-refractivity contribution in [2.75, 3.05) is 6.26 Å². The minimum Gasteiger partial charge on any atom is -0.326 e. The lowest BCUT2D eigenvalue weighted by Crippen LogP contribution is -2.50. The van der Waals surface area contributed by atoms with Crippen LogP contribution < -0.4 is 5.73 Å². The van der Waals surface area contributed by atoms with E-state index in [1.807, 2.05) is 30.3 Å². The van der Waals surface area contributed by atoms with Gasteiger partial charge in [-0.2, -0.15) is 0 Å². The van der Waals surface area contributed by atoms with Gasteiger partial charge in [-0.25, -0.2) is 8.42 Å². The second-order valence-electron chi connectivity index (χ2n) is 5.67.